The lowest BCUT2D eigenvalue weighted by atomic mass is 10.1. The number of para-hydroxylation sites is 1. The van der Waals surface area contributed by atoms with E-state index < -0.39 is 0 Å². The number of nitrogens with one attached hydrogen (secondary N) is 1. The van der Waals surface area contributed by atoms with Crippen molar-refractivity contribution >= 4 is 43.5 Å². The predicted molar refractivity (Wildman–Crippen MR) is 116 cm³/mol. The first kappa shape index (κ1) is 20.1. The molecule has 1 amide bonds. The molecular weight excluding hydrogens is 488 g/mol. The number of amides is 1. The Hall–Kier alpha value is -2.64. The topological polar surface area (TPSA) is 70.9 Å². The van der Waals surface area contributed by atoms with E-state index >= 15 is 0 Å². The molecule has 0 saturated carbocycles. The van der Waals surface area contributed by atoms with Crippen LogP contribution < -0.4 is 10.2 Å². The molecule has 0 unspecified atom stereocenters. The highest BCUT2D eigenvalue weighted by Crippen LogP contribution is 2.33. The van der Waals surface area contributed by atoms with Gasteiger partial charge in [-0.25, -0.2) is 5.43 Å². The summed E-state index contributed by atoms with van der Waals surface area (Å²) in [5.74, 6) is 1.01. The summed E-state index contributed by atoms with van der Waals surface area (Å²) in [6.07, 6.45) is 0. The molecule has 0 aliphatic heterocycles. The third-order valence-corrected chi connectivity index (χ3v) is 5.04. The van der Waals surface area contributed by atoms with Crippen molar-refractivity contribution in [2.75, 3.05) is 0 Å². The zero-order chi connectivity index (χ0) is 20.1. The molecule has 5 nitrogen and oxygen atoms in total. The number of hydrogen-bond donors (Lipinski definition) is 2. The van der Waals surface area contributed by atoms with Gasteiger partial charge < -0.3 is 9.84 Å². The zero-order valence-corrected chi connectivity index (χ0v) is 18.0. The fraction of sp³-hybridized carbons (Fsp3) is 0.0476. The van der Waals surface area contributed by atoms with Crippen molar-refractivity contribution in [2.45, 2.75) is 6.92 Å². The fourth-order valence-electron chi connectivity index (χ4n) is 2.36. The summed E-state index contributed by atoms with van der Waals surface area (Å²) in [6.45, 7) is 1.76. The molecule has 0 radical (unpaired) electrons. The lowest BCUT2D eigenvalue weighted by Crippen LogP contribution is -2.19. The molecule has 3 aromatic carbocycles. The Bertz CT molecular complexity index is 1010. The normalized spacial score (nSPS) is 11.2. The summed E-state index contributed by atoms with van der Waals surface area (Å²) in [4.78, 5) is 12.4. The molecule has 0 saturated heterocycles. The molecule has 0 spiro atoms. The first-order valence-electron chi connectivity index (χ1n) is 8.30. The maximum atomic E-state index is 12.4. The van der Waals surface area contributed by atoms with E-state index in [0.29, 0.717) is 31.7 Å². The van der Waals surface area contributed by atoms with Gasteiger partial charge in [-0.3, -0.25) is 4.79 Å². The number of phenolic OH excluding ortho intramolecular Hbond substituents is 1. The van der Waals surface area contributed by atoms with Gasteiger partial charge in [0.2, 0.25) is 0 Å². The van der Waals surface area contributed by atoms with E-state index in [1.807, 2.05) is 30.3 Å². The van der Waals surface area contributed by atoms with Gasteiger partial charge in [0.05, 0.1) is 14.7 Å². The number of carbonyl (C=O) groups is 1. The third kappa shape index (κ3) is 4.99. The highest BCUT2D eigenvalue weighted by atomic mass is 79.9. The van der Waals surface area contributed by atoms with Gasteiger partial charge in [0.1, 0.15) is 17.2 Å². The van der Waals surface area contributed by atoms with E-state index in [4.69, 9.17) is 4.74 Å². The van der Waals surface area contributed by atoms with Crippen LogP contribution in [0, 0.1) is 0 Å². The third-order valence-electron chi connectivity index (χ3n) is 3.83. The smallest absolute Gasteiger partial charge is 0.271 e. The number of hydrogen-bond acceptors (Lipinski definition) is 4. The number of nitrogens with zero attached hydrogens (tertiary/aromatic N) is 1. The van der Waals surface area contributed by atoms with Crippen LogP contribution in [0.4, 0.5) is 0 Å². The second-order valence-corrected chi connectivity index (χ2v) is 7.58. The first-order chi connectivity index (χ1) is 13.4. The summed E-state index contributed by atoms with van der Waals surface area (Å²) in [6, 6.07) is 19.7. The van der Waals surface area contributed by atoms with Gasteiger partial charge in [-0.15, -0.1) is 0 Å². The van der Waals surface area contributed by atoms with Gasteiger partial charge >= 0.3 is 0 Å². The quantitative estimate of drug-likeness (QED) is 0.338. The summed E-state index contributed by atoms with van der Waals surface area (Å²) in [7, 11) is 0. The molecule has 142 valence electrons. The second kappa shape index (κ2) is 9.03. The van der Waals surface area contributed by atoms with Crippen LogP contribution in [0.5, 0.6) is 17.2 Å². The Morgan fingerprint density at radius 3 is 2.25 bits per heavy atom. The van der Waals surface area contributed by atoms with Crippen molar-refractivity contribution in [3.63, 3.8) is 0 Å². The lowest BCUT2D eigenvalue weighted by molar-refractivity contribution is 0.0954. The minimum Gasteiger partial charge on any atom is -0.506 e. The molecule has 0 aliphatic rings. The number of phenols is 1. The minimum atomic E-state index is -0.352. The van der Waals surface area contributed by atoms with E-state index in [-0.39, 0.29) is 11.7 Å². The van der Waals surface area contributed by atoms with Gasteiger partial charge in [0.15, 0.2) is 0 Å². The molecule has 0 fully saturated rings. The van der Waals surface area contributed by atoms with E-state index in [0.717, 1.165) is 5.56 Å². The van der Waals surface area contributed by atoms with Crippen molar-refractivity contribution in [1.82, 2.24) is 5.43 Å². The number of hydrazone groups is 1. The largest absolute Gasteiger partial charge is 0.506 e. The molecule has 0 atom stereocenters. The summed E-state index contributed by atoms with van der Waals surface area (Å²) >= 11 is 6.56. The lowest BCUT2D eigenvalue weighted by Gasteiger charge is -2.08. The van der Waals surface area contributed by atoms with Crippen molar-refractivity contribution < 1.29 is 14.6 Å². The highest BCUT2D eigenvalue weighted by Gasteiger charge is 2.10. The molecule has 3 rings (SSSR count). The highest BCUT2D eigenvalue weighted by molar-refractivity contribution is 9.11. The van der Waals surface area contributed by atoms with Crippen molar-refractivity contribution in [1.29, 1.82) is 0 Å². The number of carbonyl (C=O) groups excluding carboxylic acids is 1. The van der Waals surface area contributed by atoms with Gasteiger partial charge in [0, 0.05) is 5.56 Å². The maximum absolute atomic E-state index is 12.4. The van der Waals surface area contributed by atoms with Gasteiger partial charge in [0.25, 0.3) is 5.91 Å². The number of benzene rings is 3. The molecule has 3 aromatic rings. The van der Waals surface area contributed by atoms with Crippen LogP contribution in [0.3, 0.4) is 0 Å². The van der Waals surface area contributed by atoms with Gasteiger partial charge in [-0.1, -0.05) is 24.3 Å². The average molecular weight is 504 g/mol. The molecular formula is C21H16Br2N2O3. The summed E-state index contributed by atoms with van der Waals surface area (Å²) in [5, 5.41) is 13.9. The number of halogens is 2. The number of ether oxygens (including phenoxy) is 1. The van der Waals surface area contributed by atoms with Crippen LogP contribution >= 0.6 is 31.9 Å². The maximum Gasteiger partial charge on any atom is 0.271 e. The Morgan fingerprint density at radius 1 is 0.929 bits per heavy atom. The average Bonchev–Trinajstić information content (AvgIpc) is 2.70. The molecule has 28 heavy (non-hydrogen) atoms. The fourth-order valence-corrected chi connectivity index (χ4v) is 3.55. The molecule has 7 heteroatoms. The van der Waals surface area contributed by atoms with Crippen LogP contribution in [-0.2, 0) is 0 Å². The van der Waals surface area contributed by atoms with Crippen LogP contribution in [0.1, 0.15) is 22.8 Å². The van der Waals surface area contributed by atoms with Crippen molar-refractivity contribution in [2.24, 2.45) is 5.10 Å². The molecule has 0 bridgehead atoms. The van der Waals surface area contributed by atoms with E-state index in [1.165, 1.54) is 0 Å². The molecule has 0 aliphatic carbocycles. The first-order valence-corrected chi connectivity index (χ1v) is 9.88. The molecule has 0 heterocycles. The second-order valence-electron chi connectivity index (χ2n) is 5.87. The Labute approximate surface area is 179 Å². The molecule has 2 N–H and O–H groups in total. The summed E-state index contributed by atoms with van der Waals surface area (Å²) in [5.41, 5.74) is 4.31. The SMILES string of the molecule is C/C(=N\NC(=O)c1cccc(Oc2ccccc2)c1)c1cc(Br)c(O)c(Br)c1. The Kier molecular flexibility index (Phi) is 6.49. The summed E-state index contributed by atoms with van der Waals surface area (Å²) < 4.78 is 6.81. The van der Waals surface area contributed by atoms with Crippen LogP contribution in [-0.4, -0.2) is 16.7 Å². The van der Waals surface area contributed by atoms with Crippen LogP contribution in [0.25, 0.3) is 0 Å². The van der Waals surface area contributed by atoms with Crippen LogP contribution in [0.15, 0.2) is 80.8 Å². The van der Waals surface area contributed by atoms with Gasteiger partial charge in [-0.05, 0) is 86.8 Å². The number of aromatic hydroxyl groups is 1. The minimum absolute atomic E-state index is 0.107. The van der Waals surface area contributed by atoms with E-state index in [1.54, 1.807) is 43.3 Å². The number of rotatable bonds is 5. The standard InChI is InChI=1S/C21H16Br2N2O3/c1-13(15-11-18(22)20(26)19(23)12-15)24-25-21(27)14-6-5-9-17(10-14)28-16-7-3-2-4-8-16/h2-12,26H,1H3,(H,25,27)/b24-13+. The van der Waals surface area contributed by atoms with E-state index in [2.05, 4.69) is 42.4 Å². The monoisotopic (exact) mass is 502 g/mol. The molecule has 0 aromatic heterocycles. The van der Waals surface area contributed by atoms with Crippen molar-refractivity contribution in [3.05, 3.63) is 86.8 Å². The Balaban J connectivity index is 1.72. The van der Waals surface area contributed by atoms with Crippen LogP contribution in [0.2, 0.25) is 0 Å². The zero-order valence-electron chi connectivity index (χ0n) is 14.8. The van der Waals surface area contributed by atoms with E-state index in [9.17, 15) is 9.90 Å². The Morgan fingerprint density at radius 2 is 1.57 bits per heavy atom. The predicted octanol–water partition coefficient (Wildman–Crippen LogP) is 5.86. The van der Waals surface area contributed by atoms with Gasteiger partial charge in [-0.2, -0.15) is 5.10 Å². The van der Waals surface area contributed by atoms with Crippen molar-refractivity contribution in [3.8, 4) is 17.2 Å².